The van der Waals surface area contributed by atoms with E-state index in [0.717, 1.165) is 47.1 Å². The molecular weight excluding hydrogens is 336 g/mol. The first-order valence-corrected chi connectivity index (χ1v) is 9.62. The summed E-state index contributed by atoms with van der Waals surface area (Å²) in [6.07, 6.45) is 2.13. The minimum absolute atomic E-state index is 0.0650. The number of pyridine rings is 1. The zero-order chi connectivity index (χ0) is 18.6. The zero-order valence-corrected chi connectivity index (χ0v) is 15.6. The lowest BCUT2D eigenvalue weighted by atomic mass is 10.0. The summed E-state index contributed by atoms with van der Waals surface area (Å²) in [4.78, 5) is 20.1. The second-order valence-corrected chi connectivity index (χ2v) is 6.91. The van der Waals surface area contributed by atoms with Crippen molar-refractivity contribution in [2.45, 2.75) is 25.9 Å². The number of rotatable bonds is 4. The van der Waals surface area contributed by atoms with Crippen LogP contribution in [0.25, 0.3) is 22.2 Å². The van der Waals surface area contributed by atoms with Gasteiger partial charge in [-0.1, -0.05) is 48.5 Å². The summed E-state index contributed by atoms with van der Waals surface area (Å²) in [5.74, 6) is 0.0650. The summed E-state index contributed by atoms with van der Waals surface area (Å²) in [6, 6.07) is 19.8. The van der Waals surface area contributed by atoms with Crippen LogP contribution in [0.4, 0.5) is 0 Å². The van der Waals surface area contributed by atoms with Crippen molar-refractivity contribution in [2.24, 2.45) is 0 Å². The smallest absolute Gasteiger partial charge is 0.254 e. The van der Waals surface area contributed by atoms with Crippen LogP contribution in [-0.2, 0) is 4.74 Å². The molecule has 1 saturated heterocycles. The number of para-hydroxylation sites is 1. The number of carbonyl (C=O) groups is 1. The molecule has 0 bridgehead atoms. The van der Waals surface area contributed by atoms with Gasteiger partial charge >= 0.3 is 0 Å². The van der Waals surface area contributed by atoms with Gasteiger partial charge in [0.25, 0.3) is 5.91 Å². The molecule has 0 N–H and O–H groups in total. The molecule has 0 aliphatic carbocycles. The van der Waals surface area contributed by atoms with Crippen LogP contribution in [0.15, 0.2) is 60.7 Å². The molecule has 4 rings (SSSR count). The van der Waals surface area contributed by atoms with Gasteiger partial charge in [0.05, 0.1) is 22.9 Å². The molecular formula is C23H24N2O2. The molecule has 1 unspecified atom stereocenters. The number of hydrogen-bond acceptors (Lipinski definition) is 3. The maximum Gasteiger partial charge on any atom is 0.254 e. The van der Waals surface area contributed by atoms with E-state index in [9.17, 15) is 4.79 Å². The van der Waals surface area contributed by atoms with Gasteiger partial charge in [0.2, 0.25) is 0 Å². The Morgan fingerprint density at radius 3 is 2.74 bits per heavy atom. The number of fused-ring (bicyclic) bond motifs is 1. The molecule has 1 atom stereocenters. The second kappa shape index (κ2) is 7.89. The first-order chi connectivity index (χ1) is 13.3. The van der Waals surface area contributed by atoms with Crippen molar-refractivity contribution in [2.75, 3.05) is 19.7 Å². The van der Waals surface area contributed by atoms with E-state index < -0.39 is 0 Å². The van der Waals surface area contributed by atoms with Crippen LogP contribution in [0.5, 0.6) is 0 Å². The molecule has 1 aliphatic heterocycles. The molecule has 2 aromatic carbocycles. The molecule has 0 spiro atoms. The molecule has 4 heteroatoms. The minimum Gasteiger partial charge on any atom is -0.377 e. The average molecular weight is 360 g/mol. The fraction of sp³-hybridized carbons (Fsp3) is 0.304. The topological polar surface area (TPSA) is 42.4 Å². The first-order valence-electron chi connectivity index (χ1n) is 9.62. The summed E-state index contributed by atoms with van der Waals surface area (Å²) >= 11 is 0. The number of aromatic nitrogens is 1. The number of piperidine rings is 1. The molecule has 4 nitrogen and oxygen atoms in total. The third-order valence-corrected chi connectivity index (χ3v) is 5.08. The molecule has 2 heterocycles. The normalized spacial score (nSPS) is 17.2. The molecule has 27 heavy (non-hydrogen) atoms. The van der Waals surface area contributed by atoms with Crippen molar-refractivity contribution in [1.82, 2.24) is 9.88 Å². The SMILES string of the molecule is CCOC1CCCN(C(=O)c2cc(-c3ccccc3)nc3ccccc23)C1. The number of amides is 1. The van der Waals surface area contributed by atoms with Gasteiger partial charge in [-0.15, -0.1) is 0 Å². The quantitative estimate of drug-likeness (QED) is 0.686. The van der Waals surface area contributed by atoms with Crippen LogP contribution >= 0.6 is 0 Å². The summed E-state index contributed by atoms with van der Waals surface area (Å²) in [5, 5.41) is 0.903. The van der Waals surface area contributed by atoms with Gasteiger partial charge in [-0.05, 0) is 31.9 Å². The van der Waals surface area contributed by atoms with Gasteiger partial charge in [0.15, 0.2) is 0 Å². The van der Waals surface area contributed by atoms with Gasteiger partial charge in [-0.3, -0.25) is 4.79 Å². The lowest BCUT2D eigenvalue weighted by molar-refractivity contribution is 0.00731. The third kappa shape index (κ3) is 3.71. The third-order valence-electron chi connectivity index (χ3n) is 5.08. The molecule has 138 valence electrons. The number of nitrogens with zero attached hydrogens (tertiary/aromatic N) is 2. The standard InChI is InChI=1S/C23H24N2O2/c1-2-27-18-11-8-14-25(16-18)23(26)20-15-22(17-9-4-3-5-10-17)24-21-13-7-6-12-19(20)21/h3-7,9-10,12-13,15,18H,2,8,11,14,16H2,1H3. The lowest BCUT2D eigenvalue weighted by Gasteiger charge is -2.32. The van der Waals surface area contributed by atoms with Gasteiger partial charge in [-0.2, -0.15) is 0 Å². The second-order valence-electron chi connectivity index (χ2n) is 6.91. The number of benzene rings is 2. The van der Waals surface area contributed by atoms with E-state index in [1.807, 2.05) is 72.5 Å². The Morgan fingerprint density at radius 2 is 1.93 bits per heavy atom. The van der Waals surface area contributed by atoms with Gasteiger partial charge in [0, 0.05) is 30.6 Å². The number of hydrogen-bond donors (Lipinski definition) is 0. The van der Waals surface area contributed by atoms with Crippen LogP contribution in [0.2, 0.25) is 0 Å². The highest BCUT2D eigenvalue weighted by molar-refractivity contribution is 6.07. The number of carbonyl (C=O) groups excluding carboxylic acids is 1. The number of ether oxygens (including phenoxy) is 1. The van der Waals surface area contributed by atoms with Gasteiger partial charge in [0.1, 0.15) is 0 Å². The Morgan fingerprint density at radius 1 is 1.15 bits per heavy atom. The van der Waals surface area contributed by atoms with Crippen LogP contribution in [0.3, 0.4) is 0 Å². The highest BCUT2D eigenvalue weighted by Gasteiger charge is 2.26. The van der Waals surface area contributed by atoms with Crippen LogP contribution in [0.1, 0.15) is 30.1 Å². The Balaban J connectivity index is 1.74. The van der Waals surface area contributed by atoms with Crippen LogP contribution in [-0.4, -0.2) is 41.6 Å². The molecule has 0 radical (unpaired) electrons. The van der Waals surface area contributed by atoms with Crippen molar-refractivity contribution in [3.05, 3.63) is 66.2 Å². The first kappa shape index (κ1) is 17.7. The Bertz CT molecular complexity index is 938. The molecule has 0 saturated carbocycles. The predicted molar refractivity (Wildman–Crippen MR) is 108 cm³/mol. The van der Waals surface area contributed by atoms with E-state index >= 15 is 0 Å². The monoisotopic (exact) mass is 360 g/mol. The highest BCUT2D eigenvalue weighted by atomic mass is 16.5. The molecule has 1 fully saturated rings. The van der Waals surface area contributed by atoms with Crippen LogP contribution in [0, 0.1) is 0 Å². The molecule has 1 aliphatic rings. The van der Waals surface area contributed by atoms with Crippen LogP contribution < -0.4 is 0 Å². The maximum absolute atomic E-state index is 13.4. The maximum atomic E-state index is 13.4. The van der Waals surface area contributed by atoms with E-state index in [-0.39, 0.29) is 12.0 Å². The summed E-state index contributed by atoms with van der Waals surface area (Å²) in [6.45, 7) is 4.12. The van der Waals surface area contributed by atoms with E-state index in [4.69, 9.17) is 9.72 Å². The number of likely N-dealkylation sites (tertiary alicyclic amines) is 1. The van der Waals surface area contributed by atoms with E-state index in [0.29, 0.717) is 13.2 Å². The average Bonchev–Trinajstić information content (AvgIpc) is 2.73. The molecule has 1 amide bonds. The summed E-state index contributed by atoms with van der Waals surface area (Å²) in [5.41, 5.74) is 3.41. The molecule has 3 aromatic rings. The minimum atomic E-state index is 0.0650. The van der Waals surface area contributed by atoms with E-state index in [1.165, 1.54) is 0 Å². The Kier molecular flexibility index (Phi) is 5.16. The fourth-order valence-electron chi connectivity index (χ4n) is 3.77. The largest absolute Gasteiger partial charge is 0.377 e. The van der Waals surface area contributed by atoms with Gasteiger partial charge < -0.3 is 9.64 Å². The van der Waals surface area contributed by atoms with Crippen molar-refractivity contribution < 1.29 is 9.53 Å². The van der Waals surface area contributed by atoms with Crippen molar-refractivity contribution >= 4 is 16.8 Å². The predicted octanol–water partition coefficient (Wildman–Crippen LogP) is 4.54. The summed E-state index contributed by atoms with van der Waals surface area (Å²) in [7, 11) is 0. The fourth-order valence-corrected chi connectivity index (χ4v) is 3.77. The highest BCUT2D eigenvalue weighted by Crippen LogP contribution is 2.27. The summed E-state index contributed by atoms with van der Waals surface area (Å²) < 4.78 is 5.77. The Labute approximate surface area is 159 Å². The van der Waals surface area contributed by atoms with E-state index in [2.05, 4.69) is 0 Å². The zero-order valence-electron chi connectivity index (χ0n) is 15.6. The van der Waals surface area contributed by atoms with Crippen molar-refractivity contribution in [3.8, 4) is 11.3 Å². The lowest BCUT2D eigenvalue weighted by Crippen LogP contribution is -2.43. The van der Waals surface area contributed by atoms with Gasteiger partial charge in [-0.25, -0.2) is 4.98 Å². The van der Waals surface area contributed by atoms with Crippen molar-refractivity contribution in [3.63, 3.8) is 0 Å². The Hall–Kier alpha value is -2.72. The van der Waals surface area contributed by atoms with E-state index in [1.54, 1.807) is 0 Å². The van der Waals surface area contributed by atoms with Crippen molar-refractivity contribution in [1.29, 1.82) is 0 Å². The molecule has 1 aromatic heterocycles.